The summed E-state index contributed by atoms with van der Waals surface area (Å²) in [6.07, 6.45) is -0.913. The van der Waals surface area contributed by atoms with E-state index in [0.717, 1.165) is 4.90 Å². The van der Waals surface area contributed by atoms with Gasteiger partial charge in [-0.05, 0) is 36.4 Å². The molecule has 0 aliphatic carbocycles. The van der Waals surface area contributed by atoms with E-state index in [9.17, 15) is 14.4 Å². The highest BCUT2D eigenvalue weighted by Crippen LogP contribution is 2.30. The molecular weight excluding hydrogens is 420 g/mol. The second-order valence-electron chi connectivity index (χ2n) is 5.80. The van der Waals surface area contributed by atoms with Crippen LogP contribution in [0.15, 0.2) is 53.4 Å². The summed E-state index contributed by atoms with van der Waals surface area (Å²) in [5, 5.41) is 0.602. The predicted octanol–water partition coefficient (Wildman–Crippen LogP) is 1.96. The van der Waals surface area contributed by atoms with Gasteiger partial charge in [-0.15, -0.1) is 11.8 Å². The van der Waals surface area contributed by atoms with Crippen LogP contribution in [0.1, 0.15) is 0 Å². The number of rotatable bonds is 6. The van der Waals surface area contributed by atoms with Gasteiger partial charge in [0.1, 0.15) is 6.61 Å². The predicted molar refractivity (Wildman–Crippen MR) is 106 cm³/mol. The minimum atomic E-state index is -0.913. The minimum absolute atomic E-state index is 0.00955. The Bertz CT molecular complexity index is 893. The molecule has 3 rings (SSSR count). The number of ether oxygens (including phenoxy) is 3. The van der Waals surface area contributed by atoms with Crippen molar-refractivity contribution >= 4 is 41.1 Å². The number of hydrogen-bond acceptors (Lipinski definition) is 7. The Hall–Kier alpha value is -2.91. The second kappa shape index (κ2) is 10.0. The molecule has 2 amide bonds. The van der Waals surface area contributed by atoms with Crippen molar-refractivity contribution in [3.05, 3.63) is 53.6 Å². The molecule has 0 aromatic heterocycles. The van der Waals surface area contributed by atoms with Crippen molar-refractivity contribution in [2.75, 3.05) is 19.0 Å². The zero-order valence-electron chi connectivity index (χ0n) is 15.1. The maximum Gasteiger partial charge on any atom is 0.316 e. The molecular formula is C19H17ClN2O6S. The average molecular weight is 437 g/mol. The zero-order valence-corrected chi connectivity index (χ0v) is 16.6. The first-order valence-electron chi connectivity index (χ1n) is 8.52. The normalized spacial score (nSPS) is 14.6. The molecule has 0 bridgehead atoms. The van der Waals surface area contributed by atoms with Crippen molar-refractivity contribution in [3.63, 3.8) is 0 Å². The first kappa shape index (κ1) is 20.8. The fourth-order valence-corrected chi connectivity index (χ4v) is 3.08. The minimum Gasteiger partial charge on any atom is -0.485 e. The topological polar surface area (TPSA) is 103 Å². The Morgan fingerprint density at radius 3 is 2.55 bits per heavy atom. The van der Waals surface area contributed by atoms with Crippen molar-refractivity contribution in [2.45, 2.75) is 11.0 Å². The second-order valence-corrected chi connectivity index (χ2v) is 7.29. The third-order valence-corrected chi connectivity index (χ3v) is 4.90. The van der Waals surface area contributed by atoms with Crippen molar-refractivity contribution in [1.29, 1.82) is 0 Å². The first-order chi connectivity index (χ1) is 14.0. The summed E-state index contributed by atoms with van der Waals surface area (Å²) in [7, 11) is 0. The highest BCUT2D eigenvalue weighted by molar-refractivity contribution is 8.00. The van der Waals surface area contributed by atoms with E-state index in [-0.39, 0.29) is 12.4 Å². The lowest BCUT2D eigenvalue weighted by atomic mass is 10.2. The Kier molecular flexibility index (Phi) is 7.20. The van der Waals surface area contributed by atoms with Crippen LogP contribution in [0.2, 0.25) is 5.02 Å². The van der Waals surface area contributed by atoms with Gasteiger partial charge in [0, 0.05) is 9.92 Å². The standard InChI is InChI=1S/C19H17ClN2O6S/c20-12-5-7-13(8-6-12)29-11-18(24)27-10-17(23)21-22-19(25)16-9-26-14-3-1-2-4-15(14)28-16/h1-8,16H,9-11H2,(H,21,23)(H,22,25). The van der Waals surface area contributed by atoms with E-state index in [0.29, 0.717) is 16.5 Å². The summed E-state index contributed by atoms with van der Waals surface area (Å²) in [6.45, 7) is -0.513. The van der Waals surface area contributed by atoms with E-state index in [1.165, 1.54) is 11.8 Å². The molecule has 1 unspecified atom stereocenters. The quantitative estimate of drug-likeness (QED) is 0.405. The molecule has 29 heavy (non-hydrogen) atoms. The largest absolute Gasteiger partial charge is 0.485 e. The monoisotopic (exact) mass is 436 g/mol. The van der Waals surface area contributed by atoms with Gasteiger partial charge in [-0.25, -0.2) is 0 Å². The van der Waals surface area contributed by atoms with E-state index < -0.39 is 30.5 Å². The molecule has 0 fully saturated rings. The summed E-state index contributed by atoms with van der Waals surface area (Å²) in [5.41, 5.74) is 4.38. The van der Waals surface area contributed by atoms with Crippen LogP contribution >= 0.6 is 23.4 Å². The highest BCUT2D eigenvalue weighted by atomic mass is 35.5. The van der Waals surface area contributed by atoms with Crippen molar-refractivity contribution in [2.24, 2.45) is 0 Å². The number of thioether (sulfide) groups is 1. The van der Waals surface area contributed by atoms with Crippen LogP contribution in [0.3, 0.4) is 0 Å². The van der Waals surface area contributed by atoms with Gasteiger partial charge in [0.05, 0.1) is 5.75 Å². The Balaban J connectivity index is 1.34. The maximum atomic E-state index is 12.1. The van der Waals surface area contributed by atoms with E-state index in [4.69, 9.17) is 25.8 Å². The van der Waals surface area contributed by atoms with Gasteiger partial charge in [0.15, 0.2) is 18.1 Å². The number of amides is 2. The third kappa shape index (κ3) is 6.30. The number of hydrogen-bond donors (Lipinski definition) is 2. The number of nitrogens with one attached hydrogen (secondary N) is 2. The maximum absolute atomic E-state index is 12.1. The summed E-state index contributed by atoms with van der Waals surface area (Å²) >= 11 is 7.05. The summed E-state index contributed by atoms with van der Waals surface area (Å²) < 4.78 is 15.8. The van der Waals surface area contributed by atoms with Crippen molar-refractivity contribution in [3.8, 4) is 11.5 Å². The number of hydrazine groups is 1. The van der Waals surface area contributed by atoms with Gasteiger partial charge in [0.25, 0.3) is 11.8 Å². The molecule has 2 N–H and O–H groups in total. The van der Waals surface area contributed by atoms with Gasteiger partial charge in [-0.3, -0.25) is 25.2 Å². The van der Waals surface area contributed by atoms with Crippen LogP contribution in [0, 0.1) is 0 Å². The highest BCUT2D eigenvalue weighted by Gasteiger charge is 2.27. The molecule has 0 saturated carbocycles. The van der Waals surface area contributed by atoms with Gasteiger partial charge in [-0.1, -0.05) is 23.7 Å². The lowest BCUT2D eigenvalue weighted by Gasteiger charge is -2.25. The average Bonchev–Trinajstić information content (AvgIpc) is 2.75. The number of para-hydroxylation sites is 2. The van der Waals surface area contributed by atoms with Crippen LogP contribution in [0.25, 0.3) is 0 Å². The van der Waals surface area contributed by atoms with Crippen molar-refractivity contribution in [1.82, 2.24) is 10.9 Å². The summed E-state index contributed by atoms with van der Waals surface area (Å²) in [5.74, 6) is -0.806. The Labute approximate surface area is 175 Å². The van der Waals surface area contributed by atoms with Gasteiger partial charge in [-0.2, -0.15) is 0 Å². The zero-order chi connectivity index (χ0) is 20.6. The lowest BCUT2D eigenvalue weighted by molar-refractivity contribution is -0.146. The molecule has 1 atom stereocenters. The van der Waals surface area contributed by atoms with Crippen LogP contribution in [0.4, 0.5) is 0 Å². The number of carbonyl (C=O) groups excluding carboxylic acids is 3. The summed E-state index contributed by atoms with van der Waals surface area (Å²) in [6, 6.07) is 13.9. The number of esters is 1. The Morgan fingerprint density at radius 1 is 1.07 bits per heavy atom. The fourth-order valence-electron chi connectivity index (χ4n) is 2.26. The van der Waals surface area contributed by atoms with Crippen molar-refractivity contribution < 1.29 is 28.6 Å². The lowest BCUT2D eigenvalue weighted by Crippen LogP contribution is -2.51. The third-order valence-electron chi connectivity index (χ3n) is 3.66. The smallest absolute Gasteiger partial charge is 0.316 e. The number of halogens is 1. The van der Waals surface area contributed by atoms with Crippen LogP contribution in [0.5, 0.6) is 11.5 Å². The molecule has 2 aromatic rings. The Morgan fingerprint density at radius 2 is 1.79 bits per heavy atom. The van der Waals surface area contributed by atoms with Crippen LogP contribution in [-0.4, -0.2) is 42.9 Å². The molecule has 10 heteroatoms. The van der Waals surface area contributed by atoms with E-state index in [1.807, 2.05) is 0 Å². The van der Waals surface area contributed by atoms with Gasteiger partial charge in [0.2, 0.25) is 6.10 Å². The molecule has 0 saturated heterocycles. The molecule has 0 radical (unpaired) electrons. The number of carbonyl (C=O) groups is 3. The van der Waals surface area contributed by atoms with Crippen LogP contribution in [-0.2, 0) is 19.1 Å². The molecule has 2 aromatic carbocycles. The van der Waals surface area contributed by atoms with Gasteiger partial charge >= 0.3 is 5.97 Å². The molecule has 1 aliphatic heterocycles. The van der Waals surface area contributed by atoms with Crippen LogP contribution < -0.4 is 20.3 Å². The fraction of sp³-hybridized carbons (Fsp3) is 0.211. The first-order valence-corrected chi connectivity index (χ1v) is 9.89. The molecule has 0 spiro atoms. The summed E-state index contributed by atoms with van der Waals surface area (Å²) in [4.78, 5) is 36.4. The SMILES string of the molecule is O=C(COC(=O)CSc1ccc(Cl)cc1)NNC(=O)C1COc2ccccc2O1. The van der Waals surface area contributed by atoms with E-state index in [2.05, 4.69) is 10.9 Å². The molecule has 1 aliphatic rings. The number of fused-ring (bicyclic) bond motifs is 1. The molecule has 8 nitrogen and oxygen atoms in total. The number of benzene rings is 2. The molecule has 1 heterocycles. The van der Waals surface area contributed by atoms with Gasteiger partial charge < -0.3 is 14.2 Å². The molecule has 152 valence electrons. The van der Waals surface area contributed by atoms with E-state index in [1.54, 1.807) is 48.5 Å². The van der Waals surface area contributed by atoms with E-state index >= 15 is 0 Å².